The summed E-state index contributed by atoms with van der Waals surface area (Å²) in [5, 5.41) is 3.11. The minimum absolute atomic E-state index is 0.259. The molecule has 2 aromatic rings. The second-order valence-electron chi connectivity index (χ2n) is 4.10. The van der Waals surface area contributed by atoms with Gasteiger partial charge in [0, 0.05) is 5.56 Å². The molecule has 1 aromatic carbocycles. The zero-order valence-corrected chi connectivity index (χ0v) is 10.3. The first-order valence-electron chi connectivity index (χ1n) is 5.86. The van der Waals surface area contributed by atoms with E-state index in [1.807, 2.05) is 13.8 Å². The maximum absolute atomic E-state index is 13.8. The molecule has 2 nitrogen and oxygen atoms in total. The van der Waals surface area contributed by atoms with Gasteiger partial charge in [0.1, 0.15) is 5.76 Å². The second kappa shape index (κ2) is 5.31. The first-order chi connectivity index (χ1) is 8.65. The third-order valence-electron chi connectivity index (χ3n) is 2.86. The molecule has 0 spiro atoms. The number of rotatable bonds is 4. The number of hydrogen-bond donors (Lipinski definition) is 1. The summed E-state index contributed by atoms with van der Waals surface area (Å²) in [7, 11) is 0. The van der Waals surface area contributed by atoms with Gasteiger partial charge in [-0.3, -0.25) is 0 Å². The van der Waals surface area contributed by atoms with Gasteiger partial charge in [0.15, 0.2) is 11.6 Å². The lowest BCUT2D eigenvalue weighted by molar-refractivity contribution is 0.428. The fraction of sp³-hybridized carbons (Fsp3) is 0.286. The van der Waals surface area contributed by atoms with E-state index < -0.39 is 17.7 Å². The van der Waals surface area contributed by atoms with Crippen LogP contribution in [0.15, 0.2) is 34.9 Å². The third kappa shape index (κ3) is 2.29. The zero-order valence-electron chi connectivity index (χ0n) is 10.3. The van der Waals surface area contributed by atoms with Crippen LogP contribution in [0.2, 0.25) is 0 Å². The number of benzene rings is 1. The minimum Gasteiger partial charge on any atom is -0.467 e. The molecule has 0 aliphatic heterocycles. The van der Waals surface area contributed by atoms with E-state index in [1.54, 1.807) is 18.4 Å². The molecule has 2 rings (SSSR count). The molecule has 1 aromatic heterocycles. The average molecular weight is 251 g/mol. The van der Waals surface area contributed by atoms with Gasteiger partial charge in [-0.25, -0.2) is 8.78 Å². The second-order valence-corrected chi connectivity index (χ2v) is 4.10. The van der Waals surface area contributed by atoms with Gasteiger partial charge in [-0.1, -0.05) is 19.1 Å². The molecule has 1 atom stereocenters. The monoisotopic (exact) mass is 251 g/mol. The van der Waals surface area contributed by atoms with Crippen LogP contribution < -0.4 is 5.32 Å². The van der Waals surface area contributed by atoms with Crippen LogP contribution in [0, 0.1) is 18.6 Å². The highest BCUT2D eigenvalue weighted by Crippen LogP contribution is 2.28. The van der Waals surface area contributed by atoms with Crippen LogP contribution in [0.4, 0.5) is 8.78 Å². The molecular formula is C14H15F2NO. The molecule has 1 unspecified atom stereocenters. The third-order valence-corrected chi connectivity index (χ3v) is 2.86. The van der Waals surface area contributed by atoms with Gasteiger partial charge in [-0.05, 0) is 31.2 Å². The molecule has 4 heteroatoms. The van der Waals surface area contributed by atoms with E-state index in [0.29, 0.717) is 12.3 Å². The van der Waals surface area contributed by atoms with Crippen molar-refractivity contribution in [2.45, 2.75) is 19.9 Å². The van der Waals surface area contributed by atoms with E-state index in [4.69, 9.17) is 4.42 Å². The Morgan fingerprint density at radius 2 is 2.06 bits per heavy atom. The van der Waals surface area contributed by atoms with Gasteiger partial charge >= 0.3 is 0 Å². The lowest BCUT2D eigenvalue weighted by atomic mass is 10.0. The Kier molecular flexibility index (Phi) is 3.77. The van der Waals surface area contributed by atoms with Crippen molar-refractivity contribution >= 4 is 0 Å². The van der Waals surface area contributed by atoms with E-state index in [1.165, 1.54) is 6.07 Å². The quantitative estimate of drug-likeness (QED) is 0.898. The molecule has 0 radical (unpaired) electrons. The summed E-state index contributed by atoms with van der Waals surface area (Å²) in [6, 6.07) is 5.50. The van der Waals surface area contributed by atoms with E-state index in [2.05, 4.69) is 5.32 Å². The average Bonchev–Trinajstić information content (AvgIpc) is 2.76. The summed E-state index contributed by atoms with van der Waals surface area (Å²) in [6.07, 6.45) is 1.55. The van der Waals surface area contributed by atoms with Gasteiger partial charge in [0.2, 0.25) is 0 Å². The van der Waals surface area contributed by atoms with Crippen molar-refractivity contribution in [3.05, 3.63) is 59.1 Å². The molecule has 96 valence electrons. The van der Waals surface area contributed by atoms with Crippen molar-refractivity contribution in [2.75, 3.05) is 6.54 Å². The molecule has 0 saturated heterocycles. The number of halogens is 2. The molecule has 0 fully saturated rings. The number of furan rings is 1. The maximum Gasteiger partial charge on any atom is 0.164 e. The van der Waals surface area contributed by atoms with Crippen LogP contribution in [0.3, 0.4) is 0 Å². The number of nitrogens with one attached hydrogen (secondary N) is 1. The highest BCUT2D eigenvalue weighted by Gasteiger charge is 2.23. The van der Waals surface area contributed by atoms with Crippen molar-refractivity contribution in [1.82, 2.24) is 5.32 Å². The zero-order chi connectivity index (χ0) is 13.1. The van der Waals surface area contributed by atoms with Crippen LogP contribution in [0.1, 0.15) is 29.9 Å². The van der Waals surface area contributed by atoms with Crippen LogP contribution in [-0.2, 0) is 0 Å². The predicted molar refractivity (Wildman–Crippen MR) is 65.3 cm³/mol. The SMILES string of the molecule is CCNC(c1cccc(F)c1F)c1occc1C. The minimum atomic E-state index is -0.848. The molecule has 0 amide bonds. The smallest absolute Gasteiger partial charge is 0.164 e. The van der Waals surface area contributed by atoms with E-state index in [9.17, 15) is 8.78 Å². The summed E-state index contributed by atoms with van der Waals surface area (Å²) >= 11 is 0. The van der Waals surface area contributed by atoms with E-state index in [-0.39, 0.29) is 5.56 Å². The fourth-order valence-corrected chi connectivity index (χ4v) is 1.97. The van der Waals surface area contributed by atoms with Crippen molar-refractivity contribution in [1.29, 1.82) is 0 Å². The molecule has 0 saturated carbocycles. The van der Waals surface area contributed by atoms with Crippen molar-refractivity contribution < 1.29 is 13.2 Å². The lowest BCUT2D eigenvalue weighted by Gasteiger charge is -2.18. The molecule has 0 aliphatic carbocycles. The fourth-order valence-electron chi connectivity index (χ4n) is 1.97. The Labute approximate surface area is 105 Å². The van der Waals surface area contributed by atoms with Gasteiger partial charge in [0.25, 0.3) is 0 Å². The van der Waals surface area contributed by atoms with Crippen molar-refractivity contribution in [2.24, 2.45) is 0 Å². The molecular weight excluding hydrogens is 236 g/mol. The topological polar surface area (TPSA) is 25.2 Å². The van der Waals surface area contributed by atoms with E-state index >= 15 is 0 Å². The number of aryl methyl sites for hydroxylation is 1. The molecule has 1 heterocycles. The standard InChI is InChI=1S/C14H15F2NO/c1-3-17-13(14-9(2)7-8-18-14)10-5-4-6-11(15)12(10)16/h4-8,13,17H,3H2,1-2H3. The number of hydrogen-bond acceptors (Lipinski definition) is 2. The molecule has 0 bridgehead atoms. The highest BCUT2D eigenvalue weighted by molar-refractivity contribution is 5.32. The van der Waals surface area contributed by atoms with Crippen molar-refractivity contribution in [3.63, 3.8) is 0 Å². The summed E-state index contributed by atoms with van der Waals surface area (Å²) in [5.74, 6) is -1.07. The summed E-state index contributed by atoms with van der Waals surface area (Å²) in [5.41, 5.74) is 1.17. The molecule has 0 aliphatic rings. The molecule has 18 heavy (non-hydrogen) atoms. The van der Waals surface area contributed by atoms with E-state index in [0.717, 1.165) is 11.6 Å². The van der Waals surface area contributed by atoms with Gasteiger partial charge < -0.3 is 9.73 Å². The Morgan fingerprint density at radius 3 is 2.67 bits per heavy atom. The summed E-state index contributed by atoms with van der Waals surface area (Å²) < 4.78 is 32.5. The van der Waals surface area contributed by atoms with Gasteiger partial charge in [-0.15, -0.1) is 0 Å². The van der Waals surface area contributed by atoms with Gasteiger partial charge in [-0.2, -0.15) is 0 Å². The van der Waals surface area contributed by atoms with Gasteiger partial charge in [0.05, 0.1) is 12.3 Å². The first-order valence-corrected chi connectivity index (χ1v) is 5.86. The Balaban J connectivity index is 2.48. The van der Waals surface area contributed by atoms with Crippen LogP contribution in [-0.4, -0.2) is 6.54 Å². The Bertz CT molecular complexity index is 536. The highest BCUT2D eigenvalue weighted by atomic mass is 19.2. The van der Waals surface area contributed by atoms with Crippen LogP contribution in [0.25, 0.3) is 0 Å². The Hall–Kier alpha value is -1.68. The maximum atomic E-state index is 13.8. The normalized spacial score (nSPS) is 12.7. The molecule has 1 N–H and O–H groups in total. The lowest BCUT2D eigenvalue weighted by Crippen LogP contribution is -2.23. The first kappa shape index (κ1) is 12.8. The van der Waals surface area contributed by atoms with Crippen molar-refractivity contribution in [3.8, 4) is 0 Å². The predicted octanol–water partition coefficient (Wildman–Crippen LogP) is 3.57. The largest absolute Gasteiger partial charge is 0.467 e. The Morgan fingerprint density at radius 1 is 1.28 bits per heavy atom. The van der Waals surface area contributed by atoms with Crippen LogP contribution >= 0.6 is 0 Å². The van der Waals surface area contributed by atoms with Crippen LogP contribution in [0.5, 0.6) is 0 Å². The summed E-state index contributed by atoms with van der Waals surface area (Å²) in [4.78, 5) is 0. The summed E-state index contributed by atoms with van der Waals surface area (Å²) in [6.45, 7) is 4.41.